The topological polar surface area (TPSA) is 77.3 Å². The molecule has 0 aliphatic rings. The molecule has 1 heterocycles. The number of nitrogens with zero attached hydrogens (tertiary/aromatic N) is 2. The lowest BCUT2D eigenvalue weighted by Crippen LogP contribution is -2.31. The second-order valence-electron chi connectivity index (χ2n) is 3.77. The fourth-order valence-corrected chi connectivity index (χ4v) is 2.04. The summed E-state index contributed by atoms with van der Waals surface area (Å²) in [7, 11) is 1.12. The summed E-state index contributed by atoms with van der Waals surface area (Å²) in [4.78, 5) is 23.7. The summed E-state index contributed by atoms with van der Waals surface area (Å²) in [6.07, 6.45) is 0. The Bertz CT molecular complexity index is 755. The molecule has 0 saturated carbocycles. The first-order valence-corrected chi connectivity index (χ1v) is 5.86. The second-order valence-corrected chi connectivity index (χ2v) is 4.58. The van der Waals surface area contributed by atoms with Gasteiger partial charge >= 0.3 is 11.7 Å². The third-order valence-electron chi connectivity index (χ3n) is 2.68. The minimum absolute atomic E-state index is 0.0227. The van der Waals surface area contributed by atoms with Crippen LogP contribution in [0.1, 0.15) is 16.2 Å². The van der Waals surface area contributed by atoms with Crippen molar-refractivity contribution in [2.75, 3.05) is 7.11 Å². The molecule has 0 amide bonds. The van der Waals surface area contributed by atoms with E-state index in [-0.39, 0.29) is 32.5 Å². The number of benzene rings is 1. The van der Waals surface area contributed by atoms with Crippen molar-refractivity contribution in [3.63, 3.8) is 0 Å². The largest absolute Gasteiger partial charge is 0.805 e. The summed E-state index contributed by atoms with van der Waals surface area (Å²) in [6.45, 7) is 1.34. The maximum absolute atomic E-state index is 12.1. The fraction of sp³-hybridized carbons (Fsp3) is 0.182. The lowest BCUT2D eigenvalue weighted by molar-refractivity contribution is -0.469. The van der Waals surface area contributed by atoms with Gasteiger partial charge in [0, 0.05) is 11.0 Å². The van der Waals surface area contributed by atoms with E-state index in [2.05, 4.69) is 4.74 Å². The van der Waals surface area contributed by atoms with Crippen molar-refractivity contribution in [3.05, 3.63) is 43.7 Å². The minimum Gasteiger partial charge on any atom is -0.805 e. The lowest BCUT2D eigenvalue weighted by atomic mass is 10.2. The first kappa shape index (κ1) is 13.6. The van der Waals surface area contributed by atoms with Gasteiger partial charge in [-0.25, -0.2) is 4.79 Å². The Balaban J connectivity index is 3.01. The van der Waals surface area contributed by atoms with Crippen molar-refractivity contribution in [2.24, 2.45) is 0 Å². The Morgan fingerprint density at radius 3 is 2.53 bits per heavy atom. The number of carbonyl (C=O) groups excluding carboxylic acids is 1. The van der Waals surface area contributed by atoms with E-state index in [1.165, 1.54) is 19.1 Å². The molecule has 2 aromatic rings. The zero-order valence-electron chi connectivity index (χ0n) is 9.94. The van der Waals surface area contributed by atoms with E-state index in [1.807, 2.05) is 0 Å². The zero-order valence-corrected chi connectivity index (χ0v) is 11.4. The molecule has 0 radical (unpaired) electrons. The number of hydrogen-bond acceptors (Lipinski definition) is 4. The monoisotopic (exact) mass is 302 g/mol. The van der Waals surface area contributed by atoms with E-state index in [4.69, 9.17) is 23.2 Å². The Labute approximate surface area is 117 Å². The van der Waals surface area contributed by atoms with Crippen LogP contribution < -0.4 is 4.43 Å². The number of ether oxygens (including phenoxy) is 1. The maximum Gasteiger partial charge on any atom is 0.410 e. The molecule has 2 rings (SSSR count). The van der Waals surface area contributed by atoms with Gasteiger partial charge in [-0.05, 0) is 13.0 Å². The summed E-state index contributed by atoms with van der Waals surface area (Å²) in [5.41, 5.74) is -0.499. The summed E-state index contributed by atoms with van der Waals surface area (Å²) in [5, 5.41) is 12.3. The van der Waals surface area contributed by atoms with E-state index < -0.39 is 5.97 Å². The van der Waals surface area contributed by atoms with Crippen LogP contribution in [-0.2, 0) is 4.74 Å². The number of halogens is 2. The molecule has 0 atom stereocenters. The van der Waals surface area contributed by atoms with Crippen molar-refractivity contribution in [2.45, 2.75) is 6.92 Å². The van der Waals surface area contributed by atoms with Gasteiger partial charge in [-0.1, -0.05) is 23.2 Å². The molecule has 0 unspecified atom stereocenters. The van der Waals surface area contributed by atoms with Crippen LogP contribution in [0, 0.1) is 17.0 Å². The summed E-state index contributed by atoms with van der Waals surface area (Å²) < 4.78 is 5.24. The molecule has 1 aromatic heterocycles. The minimum atomic E-state index is -0.898. The van der Waals surface area contributed by atoms with E-state index in [1.54, 1.807) is 0 Å². The number of fused-ring (bicyclic) bond motifs is 1. The normalized spacial score (nSPS) is 10.7. The molecule has 100 valence electrons. The molecule has 1 aromatic carbocycles. The summed E-state index contributed by atoms with van der Waals surface area (Å²) >= 11 is 11.6. The van der Waals surface area contributed by atoms with Crippen LogP contribution in [0.4, 0.5) is 0 Å². The molecule has 0 aliphatic carbocycles. The van der Waals surface area contributed by atoms with Crippen LogP contribution in [0.2, 0.25) is 10.0 Å². The van der Waals surface area contributed by atoms with Gasteiger partial charge in [-0.2, -0.15) is 0 Å². The van der Waals surface area contributed by atoms with Crippen LogP contribution in [0.25, 0.3) is 11.0 Å². The van der Waals surface area contributed by atoms with Crippen molar-refractivity contribution in [3.8, 4) is 0 Å². The van der Waals surface area contributed by atoms with Gasteiger partial charge < -0.3 is 14.7 Å². The quantitative estimate of drug-likeness (QED) is 0.598. The van der Waals surface area contributed by atoms with Crippen LogP contribution in [0.3, 0.4) is 0 Å². The van der Waals surface area contributed by atoms with Gasteiger partial charge in [-0.3, -0.25) is 0 Å². The van der Waals surface area contributed by atoms with E-state index in [0.717, 1.165) is 7.11 Å². The molecular weight excluding hydrogens is 295 g/mol. The number of rotatable bonds is 1. The number of carbonyl (C=O) groups is 1. The van der Waals surface area contributed by atoms with Gasteiger partial charge in [0.1, 0.15) is 5.52 Å². The second kappa shape index (κ2) is 4.71. The maximum atomic E-state index is 12.1. The van der Waals surface area contributed by atoms with Gasteiger partial charge in [0.15, 0.2) is 0 Å². The van der Waals surface area contributed by atoms with E-state index >= 15 is 0 Å². The average molecular weight is 303 g/mol. The standard InChI is InChI=1S/C11H8Cl2N2O4/c1-5-10(11(16)19-2)15(18)9-4-7(13)6(12)3-8(9)14(5)17/h3-4H,1-2H3. The zero-order chi connectivity index (χ0) is 14.3. The highest BCUT2D eigenvalue weighted by atomic mass is 35.5. The van der Waals surface area contributed by atoms with E-state index in [9.17, 15) is 14.9 Å². The summed E-state index contributed by atoms with van der Waals surface area (Å²) in [5.74, 6) is -0.898. The average Bonchev–Trinajstić information content (AvgIpc) is 2.38. The molecule has 0 bridgehead atoms. The van der Waals surface area contributed by atoms with Gasteiger partial charge in [-0.15, -0.1) is 0 Å². The Hall–Kier alpha value is -1.79. The van der Waals surface area contributed by atoms with Gasteiger partial charge in [0.2, 0.25) is 0 Å². The molecule has 0 spiro atoms. The molecule has 0 fully saturated rings. The van der Waals surface area contributed by atoms with Crippen LogP contribution in [0.5, 0.6) is 0 Å². The summed E-state index contributed by atoms with van der Waals surface area (Å²) in [6, 6.07) is 2.50. The van der Waals surface area contributed by atoms with Crippen molar-refractivity contribution in [1.82, 2.24) is 4.73 Å². The first-order chi connectivity index (χ1) is 8.88. The van der Waals surface area contributed by atoms with Crippen molar-refractivity contribution in [1.29, 1.82) is 0 Å². The van der Waals surface area contributed by atoms with Gasteiger partial charge in [0.25, 0.3) is 5.52 Å². The van der Waals surface area contributed by atoms with Crippen molar-refractivity contribution < 1.29 is 14.0 Å². The molecular formula is C11H8Cl2N2O4. The van der Waals surface area contributed by atoms with Crippen LogP contribution >= 0.6 is 23.2 Å². The van der Waals surface area contributed by atoms with Gasteiger partial charge in [0.05, 0.1) is 27.3 Å². The highest BCUT2D eigenvalue weighted by Crippen LogP contribution is 2.26. The molecule has 0 N–H and O–H groups in total. The molecule has 0 saturated heterocycles. The van der Waals surface area contributed by atoms with Crippen LogP contribution in [-0.4, -0.2) is 17.8 Å². The molecule has 6 nitrogen and oxygen atoms in total. The highest BCUT2D eigenvalue weighted by Gasteiger charge is 2.28. The molecule has 19 heavy (non-hydrogen) atoms. The smallest absolute Gasteiger partial charge is 0.410 e. The Morgan fingerprint density at radius 2 is 1.95 bits per heavy atom. The fourth-order valence-electron chi connectivity index (χ4n) is 1.72. The Kier molecular flexibility index (Phi) is 3.38. The number of esters is 1. The predicted octanol–water partition coefficient (Wildman–Crippen LogP) is 2.30. The molecule has 0 aliphatic heterocycles. The van der Waals surface area contributed by atoms with Crippen LogP contribution in [0.15, 0.2) is 12.1 Å². The predicted molar refractivity (Wildman–Crippen MR) is 70.2 cm³/mol. The third kappa shape index (κ3) is 2.02. The first-order valence-electron chi connectivity index (χ1n) is 5.11. The molecule has 8 heteroatoms. The highest BCUT2D eigenvalue weighted by molar-refractivity contribution is 6.42. The van der Waals surface area contributed by atoms with Crippen molar-refractivity contribution >= 4 is 40.2 Å². The number of hydrogen-bond donors (Lipinski definition) is 0. The lowest BCUT2D eigenvalue weighted by Gasteiger charge is -2.16. The SMILES string of the molecule is COC(=O)c1c(C)n([O-])c2cc(Cl)c(Cl)cc2[n+]1=O. The number of aromatic nitrogens is 2. The van der Waals surface area contributed by atoms with E-state index in [0.29, 0.717) is 9.16 Å². The number of methoxy groups -OCH3 is 1. The third-order valence-corrected chi connectivity index (χ3v) is 3.41. The Morgan fingerprint density at radius 1 is 1.37 bits per heavy atom.